The maximum Gasteiger partial charge on any atom is 0.294 e. The molecule has 6 heteroatoms. The molecule has 0 radical (unpaired) electrons. The van der Waals surface area contributed by atoms with Gasteiger partial charge < -0.3 is 19.9 Å². The van der Waals surface area contributed by atoms with Crippen molar-refractivity contribution in [1.82, 2.24) is 14.9 Å². The number of hydrogen-bond acceptors (Lipinski definition) is 4. The zero-order valence-electron chi connectivity index (χ0n) is 16.4. The molecule has 0 aliphatic carbocycles. The van der Waals surface area contributed by atoms with Gasteiger partial charge in [0.25, 0.3) is 6.01 Å². The minimum atomic E-state index is -0.506. The van der Waals surface area contributed by atoms with E-state index in [2.05, 4.69) is 39.2 Å². The maximum absolute atomic E-state index is 13.5. The van der Waals surface area contributed by atoms with E-state index in [0.29, 0.717) is 6.01 Å². The van der Waals surface area contributed by atoms with E-state index in [1.165, 1.54) is 0 Å². The summed E-state index contributed by atoms with van der Waals surface area (Å²) in [5.41, 5.74) is 2.99. The molecule has 4 rings (SSSR count). The van der Waals surface area contributed by atoms with Crippen molar-refractivity contribution >= 4 is 22.6 Å². The van der Waals surface area contributed by atoms with Crippen LogP contribution in [0, 0.1) is 0 Å². The summed E-state index contributed by atoms with van der Waals surface area (Å²) in [6.07, 6.45) is 1.63. The molecule has 6 nitrogen and oxygen atoms in total. The highest BCUT2D eigenvalue weighted by atomic mass is 16.5. The Labute approximate surface area is 164 Å². The molecule has 28 heavy (non-hydrogen) atoms. The van der Waals surface area contributed by atoms with Crippen molar-refractivity contribution in [2.45, 2.75) is 25.2 Å². The van der Waals surface area contributed by atoms with Gasteiger partial charge in [0.1, 0.15) is 0 Å². The van der Waals surface area contributed by atoms with Gasteiger partial charge in [0.05, 0.1) is 23.6 Å². The molecule has 1 amide bonds. The first-order valence-corrected chi connectivity index (χ1v) is 9.78. The predicted molar refractivity (Wildman–Crippen MR) is 111 cm³/mol. The molecule has 1 fully saturated rings. The van der Waals surface area contributed by atoms with Gasteiger partial charge in [-0.1, -0.05) is 37.3 Å². The van der Waals surface area contributed by atoms with Gasteiger partial charge in [-0.15, -0.1) is 0 Å². The monoisotopic (exact) mass is 378 g/mol. The number of ether oxygens (including phenoxy) is 1. The van der Waals surface area contributed by atoms with Crippen LogP contribution in [0.4, 0.5) is 5.69 Å². The van der Waals surface area contributed by atoms with Gasteiger partial charge in [-0.05, 0) is 56.2 Å². The standard InChI is InChI=1S/C22H26N4O2/c1-3-26-13-11-22(12-14-26,16-7-5-4-6-8-16)20(27)23-17-9-10-18-19(15-17)25-21(24-18)28-2/h4-10,15H,3,11-14H2,1-2H3,(H,23,27)(H,24,25). The molecular weight excluding hydrogens is 352 g/mol. The molecule has 0 atom stereocenters. The number of carbonyl (C=O) groups excluding carboxylic acids is 1. The minimum absolute atomic E-state index is 0.0558. The lowest BCUT2D eigenvalue weighted by Gasteiger charge is -2.40. The number of methoxy groups -OCH3 is 1. The second kappa shape index (κ2) is 7.64. The summed E-state index contributed by atoms with van der Waals surface area (Å²) in [6, 6.07) is 16.3. The van der Waals surface area contributed by atoms with E-state index in [1.54, 1.807) is 7.11 Å². The smallest absolute Gasteiger partial charge is 0.294 e. The number of H-pyrrole nitrogens is 1. The van der Waals surface area contributed by atoms with Gasteiger partial charge >= 0.3 is 0 Å². The van der Waals surface area contributed by atoms with Gasteiger partial charge in [-0.25, -0.2) is 0 Å². The Hall–Kier alpha value is -2.86. The third kappa shape index (κ3) is 3.36. The van der Waals surface area contributed by atoms with Crippen LogP contribution >= 0.6 is 0 Å². The van der Waals surface area contributed by atoms with Crippen LogP contribution in [0.3, 0.4) is 0 Å². The van der Waals surface area contributed by atoms with Crippen LogP contribution in [0.25, 0.3) is 11.0 Å². The molecule has 1 aliphatic rings. The van der Waals surface area contributed by atoms with Crippen molar-refractivity contribution < 1.29 is 9.53 Å². The fourth-order valence-electron chi connectivity index (χ4n) is 4.07. The highest BCUT2D eigenvalue weighted by Gasteiger charge is 2.42. The molecule has 2 heterocycles. The fourth-order valence-corrected chi connectivity index (χ4v) is 4.07. The summed E-state index contributed by atoms with van der Waals surface area (Å²) in [7, 11) is 1.58. The Kier molecular flexibility index (Phi) is 5.05. The molecule has 2 aromatic carbocycles. The van der Waals surface area contributed by atoms with Crippen molar-refractivity contribution in [3.05, 3.63) is 54.1 Å². The van der Waals surface area contributed by atoms with E-state index in [0.717, 1.165) is 54.8 Å². The fraction of sp³-hybridized carbons (Fsp3) is 0.364. The summed E-state index contributed by atoms with van der Waals surface area (Å²) in [5, 5.41) is 3.16. The molecule has 1 aromatic heterocycles. The Bertz CT molecular complexity index is 959. The number of benzene rings is 2. The molecule has 1 aliphatic heterocycles. The van der Waals surface area contributed by atoms with Crippen LogP contribution in [-0.2, 0) is 10.2 Å². The van der Waals surface area contributed by atoms with Gasteiger partial charge in [-0.3, -0.25) is 4.79 Å². The zero-order chi connectivity index (χ0) is 19.6. The van der Waals surface area contributed by atoms with Crippen LogP contribution in [0.15, 0.2) is 48.5 Å². The number of fused-ring (bicyclic) bond motifs is 1. The number of nitrogens with one attached hydrogen (secondary N) is 2. The maximum atomic E-state index is 13.5. The van der Waals surface area contributed by atoms with Crippen LogP contribution in [0.2, 0.25) is 0 Å². The van der Waals surface area contributed by atoms with Gasteiger partial charge in [-0.2, -0.15) is 4.98 Å². The number of hydrogen-bond donors (Lipinski definition) is 2. The first-order valence-electron chi connectivity index (χ1n) is 9.78. The predicted octanol–water partition coefficient (Wildman–Crippen LogP) is 3.56. The molecule has 2 N–H and O–H groups in total. The van der Waals surface area contributed by atoms with E-state index in [1.807, 2.05) is 36.4 Å². The second-order valence-corrected chi connectivity index (χ2v) is 7.31. The summed E-state index contributed by atoms with van der Waals surface area (Å²) >= 11 is 0. The minimum Gasteiger partial charge on any atom is -0.468 e. The number of rotatable bonds is 5. The molecular formula is C22H26N4O2. The van der Waals surface area contributed by atoms with Crippen LogP contribution < -0.4 is 10.1 Å². The summed E-state index contributed by atoms with van der Waals surface area (Å²) in [5.74, 6) is 0.0558. The quantitative estimate of drug-likeness (QED) is 0.712. The molecule has 0 saturated carbocycles. The summed E-state index contributed by atoms with van der Waals surface area (Å²) in [6.45, 7) is 5.04. The second-order valence-electron chi connectivity index (χ2n) is 7.31. The Balaban J connectivity index is 1.62. The number of likely N-dealkylation sites (tertiary alicyclic amines) is 1. The third-order valence-corrected chi connectivity index (χ3v) is 5.83. The number of anilines is 1. The number of imidazole rings is 1. The molecule has 1 saturated heterocycles. The highest BCUT2D eigenvalue weighted by Crippen LogP contribution is 2.37. The van der Waals surface area contributed by atoms with E-state index < -0.39 is 5.41 Å². The average molecular weight is 378 g/mol. The highest BCUT2D eigenvalue weighted by molar-refractivity contribution is 6.00. The zero-order valence-corrected chi connectivity index (χ0v) is 16.4. The lowest BCUT2D eigenvalue weighted by atomic mass is 9.72. The molecule has 3 aromatic rings. The van der Waals surface area contributed by atoms with Crippen molar-refractivity contribution in [2.24, 2.45) is 0 Å². The van der Waals surface area contributed by atoms with Crippen molar-refractivity contribution in [1.29, 1.82) is 0 Å². The van der Waals surface area contributed by atoms with Crippen molar-refractivity contribution in [3.8, 4) is 6.01 Å². The number of aromatic amines is 1. The van der Waals surface area contributed by atoms with Gasteiger partial charge in [0.2, 0.25) is 5.91 Å². The molecule has 0 spiro atoms. The first-order chi connectivity index (χ1) is 13.6. The number of amides is 1. The Morgan fingerprint density at radius 2 is 1.96 bits per heavy atom. The van der Waals surface area contributed by atoms with Crippen LogP contribution in [0.1, 0.15) is 25.3 Å². The number of carbonyl (C=O) groups is 1. The van der Waals surface area contributed by atoms with Crippen LogP contribution in [0.5, 0.6) is 6.01 Å². The molecule has 0 unspecified atom stereocenters. The van der Waals surface area contributed by atoms with Crippen LogP contribution in [-0.4, -0.2) is 47.5 Å². The summed E-state index contributed by atoms with van der Waals surface area (Å²) < 4.78 is 5.15. The topological polar surface area (TPSA) is 70.2 Å². The number of aromatic nitrogens is 2. The Morgan fingerprint density at radius 3 is 2.64 bits per heavy atom. The number of piperidine rings is 1. The summed E-state index contributed by atoms with van der Waals surface area (Å²) in [4.78, 5) is 23.3. The first kappa shape index (κ1) is 18.5. The third-order valence-electron chi connectivity index (χ3n) is 5.83. The van der Waals surface area contributed by atoms with E-state index >= 15 is 0 Å². The number of nitrogens with zero attached hydrogens (tertiary/aromatic N) is 2. The largest absolute Gasteiger partial charge is 0.468 e. The van der Waals surface area contributed by atoms with E-state index in [-0.39, 0.29) is 5.91 Å². The normalized spacial score (nSPS) is 16.8. The van der Waals surface area contributed by atoms with Gasteiger partial charge in [0, 0.05) is 5.69 Å². The molecule has 0 bridgehead atoms. The lowest BCUT2D eigenvalue weighted by Crippen LogP contribution is -2.49. The van der Waals surface area contributed by atoms with Crippen molar-refractivity contribution in [2.75, 3.05) is 32.1 Å². The van der Waals surface area contributed by atoms with E-state index in [9.17, 15) is 4.79 Å². The Morgan fingerprint density at radius 1 is 1.21 bits per heavy atom. The average Bonchev–Trinajstić information content (AvgIpc) is 3.17. The lowest BCUT2D eigenvalue weighted by molar-refractivity contribution is -0.123. The SMILES string of the molecule is CCN1CCC(C(=O)Nc2ccc3nc(OC)[nH]c3c2)(c2ccccc2)CC1. The van der Waals surface area contributed by atoms with E-state index in [4.69, 9.17) is 4.74 Å². The van der Waals surface area contributed by atoms with Gasteiger partial charge in [0.15, 0.2) is 0 Å². The van der Waals surface area contributed by atoms with Crippen molar-refractivity contribution in [3.63, 3.8) is 0 Å². The molecule has 146 valence electrons.